The molecule has 1 aliphatic heterocycles. The highest BCUT2D eigenvalue weighted by atomic mass is 15.4. The Morgan fingerprint density at radius 3 is 1.51 bits per heavy atom. The lowest BCUT2D eigenvalue weighted by molar-refractivity contribution is 0.216. The fourth-order valence-electron chi connectivity index (χ4n) is 5.73. The number of aromatic nitrogens is 3. The van der Waals surface area contributed by atoms with E-state index in [-0.39, 0.29) is 17.1 Å². The van der Waals surface area contributed by atoms with E-state index in [0.717, 1.165) is 44.7 Å². The van der Waals surface area contributed by atoms with Crippen LogP contribution in [0.3, 0.4) is 0 Å². The van der Waals surface area contributed by atoms with Gasteiger partial charge in [0, 0.05) is 30.2 Å². The van der Waals surface area contributed by atoms with E-state index in [1.54, 1.807) is 0 Å². The van der Waals surface area contributed by atoms with Crippen LogP contribution >= 0.6 is 0 Å². The third-order valence-corrected chi connectivity index (χ3v) is 7.18. The van der Waals surface area contributed by atoms with Gasteiger partial charge in [0.05, 0.1) is 0 Å². The standard InChI is InChI=1S/C28H55N7/c1-7-9-11-13-15-17-19-30-24-32-25(31-20-18-16-14-12-10-8-2)34-26(33-24)35-27(3,4)21-23(29)22-28(35,5)6/h23H,7-22,29H2,1-6H3,(H2,30,31,32,33,34). The molecule has 0 unspecified atom stereocenters. The SMILES string of the molecule is CCCCCCCCNc1nc(NCCCCCCCC)nc(N2C(C)(C)CC(N)CC2(C)C)n1. The summed E-state index contributed by atoms with van der Waals surface area (Å²) < 4.78 is 0. The fourth-order valence-corrected chi connectivity index (χ4v) is 5.73. The minimum absolute atomic E-state index is 0.129. The normalized spacial score (nSPS) is 17.5. The molecule has 1 aromatic rings. The summed E-state index contributed by atoms with van der Waals surface area (Å²) in [6.07, 6.45) is 17.1. The molecule has 1 aromatic heterocycles. The predicted octanol–water partition coefficient (Wildman–Crippen LogP) is 6.90. The first-order valence-corrected chi connectivity index (χ1v) is 14.5. The zero-order valence-corrected chi connectivity index (χ0v) is 23.8. The van der Waals surface area contributed by atoms with Gasteiger partial charge in [0.1, 0.15) is 0 Å². The molecule has 2 heterocycles. The first kappa shape index (κ1) is 29.6. The summed E-state index contributed by atoms with van der Waals surface area (Å²) in [6, 6.07) is 0.189. The van der Waals surface area contributed by atoms with E-state index in [0.29, 0.717) is 11.9 Å². The molecule has 1 aliphatic rings. The van der Waals surface area contributed by atoms with E-state index in [9.17, 15) is 0 Å². The lowest BCUT2D eigenvalue weighted by Gasteiger charge is -2.54. The van der Waals surface area contributed by atoms with Crippen LogP contribution in [0.1, 0.15) is 131 Å². The summed E-state index contributed by atoms with van der Waals surface area (Å²) in [4.78, 5) is 16.9. The van der Waals surface area contributed by atoms with Crippen molar-refractivity contribution >= 4 is 17.8 Å². The Kier molecular flexibility index (Phi) is 12.5. The maximum atomic E-state index is 6.43. The molecule has 2 rings (SSSR count). The number of piperidine rings is 1. The summed E-state index contributed by atoms with van der Waals surface area (Å²) in [6.45, 7) is 15.3. The fraction of sp³-hybridized carbons (Fsp3) is 0.893. The second-order valence-electron chi connectivity index (χ2n) is 11.8. The molecule has 0 aliphatic carbocycles. The van der Waals surface area contributed by atoms with Gasteiger partial charge in [-0.05, 0) is 53.4 Å². The Labute approximate surface area is 215 Å². The van der Waals surface area contributed by atoms with Crippen molar-refractivity contribution in [1.29, 1.82) is 0 Å². The van der Waals surface area contributed by atoms with E-state index in [4.69, 9.17) is 20.7 Å². The molecule has 202 valence electrons. The molecule has 0 spiro atoms. The molecule has 0 radical (unpaired) electrons. The van der Waals surface area contributed by atoms with Crippen molar-refractivity contribution < 1.29 is 0 Å². The smallest absolute Gasteiger partial charge is 0.232 e. The van der Waals surface area contributed by atoms with Crippen LogP contribution in [-0.2, 0) is 0 Å². The maximum absolute atomic E-state index is 6.43. The Bertz CT molecular complexity index is 665. The van der Waals surface area contributed by atoms with Gasteiger partial charge in [-0.25, -0.2) is 0 Å². The number of nitrogens with two attached hydrogens (primary N) is 1. The first-order valence-electron chi connectivity index (χ1n) is 14.5. The van der Waals surface area contributed by atoms with Crippen LogP contribution in [0.4, 0.5) is 17.8 Å². The average Bonchev–Trinajstić information content (AvgIpc) is 2.76. The number of rotatable bonds is 17. The molecule has 7 heteroatoms. The molecule has 0 atom stereocenters. The first-order chi connectivity index (χ1) is 16.7. The lowest BCUT2D eigenvalue weighted by Crippen LogP contribution is -2.64. The molecule has 1 fully saturated rings. The van der Waals surface area contributed by atoms with Gasteiger partial charge >= 0.3 is 0 Å². The van der Waals surface area contributed by atoms with Crippen LogP contribution in [0.15, 0.2) is 0 Å². The molecule has 35 heavy (non-hydrogen) atoms. The Morgan fingerprint density at radius 1 is 0.686 bits per heavy atom. The number of anilines is 3. The van der Waals surface area contributed by atoms with Crippen molar-refractivity contribution in [1.82, 2.24) is 15.0 Å². The number of nitrogens with one attached hydrogen (secondary N) is 2. The van der Waals surface area contributed by atoms with E-state index in [1.165, 1.54) is 64.2 Å². The zero-order valence-electron chi connectivity index (χ0n) is 23.8. The highest BCUT2D eigenvalue weighted by Crippen LogP contribution is 2.40. The van der Waals surface area contributed by atoms with E-state index < -0.39 is 0 Å². The van der Waals surface area contributed by atoms with Crippen molar-refractivity contribution in [2.24, 2.45) is 5.73 Å². The Hall–Kier alpha value is -1.63. The Balaban J connectivity index is 2.09. The van der Waals surface area contributed by atoms with Crippen molar-refractivity contribution in [3.8, 4) is 0 Å². The maximum Gasteiger partial charge on any atom is 0.232 e. The second-order valence-corrected chi connectivity index (χ2v) is 11.8. The van der Waals surface area contributed by atoms with Gasteiger partial charge in [0.15, 0.2) is 0 Å². The zero-order chi connectivity index (χ0) is 25.7. The third kappa shape index (κ3) is 10.1. The van der Waals surface area contributed by atoms with Crippen LogP contribution in [0.25, 0.3) is 0 Å². The van der Waals surface area contributed by atoms with Gasteiger partial charge < -0.3 is 21.3 Å². The molecule has 4 N–H and O–H groups in total. The van der Waals surface area contributed by atoms with E-state index in [2.05, 4.69) is 57.1 Å². The van der Waals surface area contributed by atoms with Gasteiger partial charge in [0.2, 0.25) is 17.8 Å². The van der Waals surface area contributed by atoms with Gasteiger partial charge in [-0.2, -0.15) is 15.0 Å². The van der Waals surface area contributed by atoms with Crippen LogP contribution in [-0.4, -0.2) is 45.2 Å². The van der Waals surface area contributed by atoms with E-state index >= 15 is 0 Å². The van der Waals surface area contributed by atoms with Gasteiger partial charge in [-0.3, -0.25) is 0 Å². The molecule has 0 bridgehead atoms. The lowest BCUT2D eigenvalue weighted by atomic mass is 9.77. The molecular weight excluding hydrogens is 434 g/mol. The largest absolute Gasteiger partial charge is 0.354 e. The second kappa shape index (κ2) is 14.8. The number of nitrogens with zero attached hydrogens (tertiary/aromatic N) is 4. The highest BCUT2D eigenvalue weighted by Gasteiger charge is 2.46. The van der Waals surface area contributed by atoms with Gasteiger partial charge in [-0.15, -0.1) is 0 Å². The third-order valence-electron chi connectivity index (χ3n) is 7.18. The summed E-state index contributed by atoms with van der Waals surface area (Å²) in [7, 11) is 0. The van der Waals surface area contributed by atoms with Gasteiger partial charge in [-0.1, -0.05) is 78.1 Å². The van der Waals surface area contributed by atoms with Crippen molar-refractivity contribution in [3.63, 3.8) is 0 Å². The molecule has 1 saturated heterocycles. The highest BCUT2D eigenvalue weighted by molar-refractivity contribution is 5.48. The van der Waals surface area contributed by atoms with E-state index in [1.807, 2.05) is 0 Å². The molecule has 0 aromatic carbocycles. The minimum atomic E-state index is -0.129. The summed E-state index contributed by atoms with van der Waals surface area (Å²) in [5, 5.41) is 6.98. The van der Waals surface area contributed by atoms with Crippen LogP contribution in [0, 0.1) is 0 Å². The molecule has 7 nitrogen and oxygen atoms in total. The monoisotopic (exact) mass is 489 g/mol. The van der Waals surface area contributed by atoms with Crippen LogP contribution in [0.2, 0.25) is 0 Å². The minimum Gasteiger partial charge on any atom is -0.354 e. The Morgan fingerprint density at radius 2 is 1.09 bits per heavy atom. The summed E-state index contributed by atoms with van der Waals surface area (Å²) in [5.74, 6) is 2.10. The van der Waals surface area contributed by atoms with Gasteiger partial charge in [0.25, 0.3) is 0 Å². The van der Waals surface area contributed by atoms with Crippen LogP contribution < -0.4 is 21.3 Å². The van der Waals surface area contributed by atoms with Crippen molar-refractivity contribution in [2.45, 2.75) is 149 Å². The number of unbranched alkanes of at least 4 members (excludes halogenated alkanes) is 10. The quantitative estimate of drug-likeness (QED) is 0.205. The molecule has 0 amide bonds. The topological polar surface area (TPSA) is 92.0 Å². The molecule has 0 saturated carbocycles. The van der Waals surface area contributed by atoms with Crippen LogP contribution in [0.5, 0.6) is 0 Å². The number of hydrogen-bond acceptors (Lipinski definition) is 7. The van der Waals surface area contributed by atoms with Crippen molar-refractivity contribution in [3.05, 3.63) is 0 Å². The predicted molar refractivity (Wildman–Crippen MR) is 151 cm³/mol. The summed E-state index contributed by atoms with van der Waals surface area (Å²) in [5.41, 5.74) is 6.17. The number of hydrogen-bond donors (Lipinski definition) is 3. The average molecular weight is 490 g/mol. The summed E-state index contributed by atoms with van der Waals surface area (Å²) >= 11 is 0. The molecular formula is C28H55N7. The van der Waals surface area contributed by atoms with Crippen molar-refractivity contribution in [2.75, 3.05) is 28.6 Å².